The Hall–Kier alpha value is -2.69. The first-order chi connectivity index (χ1) is 20.6. The standard InChI is InChI=1S/C34H45BO8S/c1-20-23-16-25(20)34(8)27(17-23)42-35(43-34)18-22-12-15-26(44-19-21-10-13-24(38-9)14-11-21)28(30(36)40-32(2,3)4)29(22)39-31(37)41-33(5,6)7/h10-15,20,23,25,27H,16-19H2,1-9H3/t20?,23-,25-,27?,34-/m0/s1. The molecule has 3 saturated carbocycles. The molecule has 2 aromatic carbocycles. The number of thioether (sulfide) groups is 1. The summed E-state index contributed by atoms with van der Waals surface area (Å²) in [7, 11) is 1.09. The largest absolute Gasteiger partial charge is 0.514 e. The molecular weight excluding hydrogens is 579 g/mol. The maximum absolute atomic E-state index is 13.8. The Balaban J connectivity index is 1.49. The lowest BCUT2D eigenvalue weighted by Gasteiger charge is -2.58. The van der Waals surface area contributed by atoms with Crippen LogP contribution in [-0.4, -0.2) is 49.3 Å². The number of hydrogen-bond donors (Lipinski definition) is 0. The van der Waals surface area contributed by atoms with Crippen LogP contribution in [-0.2, 0) is 30.9 Å². The van der Waals surface area contributed by atoms with Gasteiger partial charge in [0.15, 0.2) is 5.75 Å². The van der Waals surface area contributed by atoms with E-state index in [-0.39, 0.29) is 23.0 Å². The predicted octanol–water partition coefficient (Wildman–Crippen LogP) is 7.68. The van der Waals surface area contributed by atoms with E-state index in [0.717, 1.165) is 17.7 Å². The fourth-order valence-electron chi connectivity index (χ4n) is 6.59. The zero-order valence-corrected chi connectivity index (χ0v) is 28.2. The minimum atomic E-state index is -0.899. The van der Waals surface area contributed by atoms with Crippen molar-refractivity contribution in [2.24, 2.45) is 17.8 Å². The van der Waals surface area contributed by atoms with Gasteiger partial charge in [0.2, 0.25) is 0 Å². The van der Waals surface area contributed by atoms with Crippen LogP contribution in [0.3, 0.4) is 0 Å². The van der Waals surface area contributed by atoms with E-state index in [9.17, 15) is 9.59 Å². The topological polar surface area (TPSA) is 89.5 Å². The normalized spacial score (nSPS) is 26.0. The molecule has 0 spiro atoms. The lowest BCUT2D eigenvalue weighted by molar-refractivity contribution is -0.151. The van der Waals surface area contributed by atoms with Crippen LogP contribution in [0.4, 0.5) is 4.79 Å². The molecule has 2 aromatic rings. The number of carbonyl (C=O) groups excluding carboxylic acids is 2. The maximum atomic E-state index is 13.8. The van der Waals surface area contributed by atoms with Gasteiger partial charge in [-0.2, -0.15) is 0 Å². The van der Waals surface area contributed by atoms with Crippen LogP contribution in [0.25, 0.3) is 0 Å². The third kappa shape index (κ3) is 7.08. The Labute approximate surface area is 266 Å². The summed E-state index contributed by atoms with van der Waals surface area (Å²) in [4.78, 5) is 27.6. The van der Waals surface area contributed by atoms with Crippen LogP contribution in [0.2, 0.25) is 0 Å². The highest BCUT2D eigenvalue weighted by Gasteiger charge is 2.63. The molecule has 5 atom stereocenters. The van der Waals surface area contributed by atoms with E-state index >= 15 is 0 Å². The highest BCUT2D eigenvalue weighted by Crippen LogP contribution is 2.59. The van der Waals surface area contributed by atoms with E-state index in [4.69, 9.17) is 28.3 Å². The first kappa shape index (κ1) is 32.7. The van der Waals surface area contributed by atoms with E-state index < -0.39 is 30.4 Å². The monoisotopic (exact) mass is 624 g/mol. The van der Waals surface area contributed by atoms with Gasteiger partial charge in [-0.05, 0) is 108 Å². The van der Waals surface area contributed by atoms with E-state index in [2.05, 4.69) is 13.8 Å². The Morgan fingerprint density at radius 3 is 2.30 bits per heavy atom. The molecule has 0 aromatic heterocycles. The van der Waals surface area contributed by atoms with Crippen LogP contribution in [0.1, 0.15) is 89.7 Å². The molecule has 8 nitrogen and oxygen atoms in total. The molecular formula is C34H45BO8S. The maximum Gasteiger partial charge on any atom is 0.514 e. The Morgan fingerprint density at radius 2 is 1.68 bits per heavy atom. The zero-order valence-electron chi connectivity index (χ0n) is 27.4. The van der Waals surface area contributed by atoms with Gasteiger partial charge in [-0.3, -0.25) is 0 Å². The zero-order chi connectivity index (χ0) is 32.0. The summed E-state index contributed by atoms with van der Waals surface area (Å²) in [5.41, 5.74) is -0.0806. The van der Waals surface area contributed by atoms with Gasteiger partial charge in [0.25, 0.3) is 0 Å². The molecule has 10 heteroatoms. The highest BCUT2D eigenvalue weighted by molar-refractivity contribution is 7.98. The molecule has 1 saturated heterocycles. The minimum Gasteiger partial charge on any atom is -0.497 e. The molecule has 1 heterocycles. The van der Waals surface area contributed by atoms with Crippen molar-refractivity contribution < 1.29 is 37.8 Å². The number of hydrogen-bond acceptors (Lipinski definition) is 9. The molecule has 2 unspecified atom stereocenters. The smallest absolute Gasteiger partial charge is 0.497 e. The van der Waals surface area contributed by atoms with Crippen molar-refractivity contribution in [1.29, 1.82) is 0 Å². The molecule has 3 aliphatic carbocycles. The summed E-state index contributed by atoms with van der Waals surface area (Å²) in [6.45, 7) is 15.2. The summed E-state index contributed by atoms with van der Waals surface area (Å²) in [5.74, 6) is 2.61. The van der Waals surface area contributed by atoms with E-state index in [1.165, 1.54) is 18.2 Å². The molecule has 1 aliphatic heterocycles. The van der Waals surface area contributed by atoms with Crippen molar-refractivity contribution in [3.05, 3.63) is 53.1 Å². The minimum absolute atomic E-state index is 0.0207. The van der Waals surface area contributed by atoms with Crippen LogP contribution >= 0.6 is 11.8 Å². The number of rotatable bonds is 8. The van der Waals surface area contributed by atoms with Crippen LogP contribution in [0, 0.1) is 17.8 Å². The second-order valence-electron chi connectivity index (χ2n) is 14.4. The van der Waals surface area contributed by atoms with Crippen molar-refractivity contribution in [1.82, 2.24) is 0 Å². The lowest BCUT2D eigenvalue weighted by atomic mass is 9.51. The van der Waals surface area contributed by atoms with Gasteiger partial charge >= 0.3 is 19.2 Å². The van der Waals surface area contributed by atoms with E-state index in [0.29, 0.717) is 40.3 Å². The van der Waals surface area contributed by atoms with Crippen LogP contribution < -0.4 is 9.47 Å². The first-order valence-corrected chi connectivity index (χ1v) is 16.4. The van der Waals surface area contributed by atoms with Gasteiger partial charge in [0, 0.05) is 17.0 Å². The Bertz CT molecular complexity index is 1380. The van der Waals surface area contributed by atoms with Crippen LogP contribution in [0.15, 0.2) is 41.3 Å². The molecule has 0 amide bonds. The van der Waals surface area contributed by atoms with Crippen LogP contribution in [0.5, 0.6) is 11.5 Å². The molecule has 238 valence electrons. The van der Waals surface area contributed by atoms with Crippen molar-refractivity contribution in [3.8, 4) is 11.5 Å². The number of ether oxygens (including phenoxy) is 4. The summed E-state index contributed by atoms with van der Waals surface area (Å²) < 4.78 is 35.7. The molecule has 0 radical (unpaired) electrons. The molecule has 0 N–H and O–H groups in total. The second kappa shape index (κ2) is 12.3. The van der Waals surface area contributed by atoms with Crippen molar-refractivity contribution >= 4 is 31.0 Å². The van der Waals surface area contributed by atoms with E-state index in [1.54, 1.807) is 27.9 Å². The summed E-state index contributed by atoms with van der Waals surface area (Å²) >= 11 is 1.46. The SMILES string of the molecule is COc1ccc(CSc2ccc(CB3OC4C[C@@H]5C[C@@H](C5C)[C@]4(C)O3)c(OC(=O)OC(C)(C)C)c2C(=O)OC(C)(C)C)cc1. The average molecular weight is 625 g/mol. The van der Waals surface area contributed by atoms with Gasteiger partial charge in [-0.15, -0.1) is 11.8 Å². The van der Waals surface area contributed by atoms with Gasteiger partial charge < -0.3 is 28.3 Å². The van der Waals surface area contributed by atoms with Crippen molar-refractivity contribution in [2.75, 3.05) is 7.11 Å². The van der Waals surface area contributed by atoms with Gasteiger partial charge in [0.05, 0.1) is 18.8 Å². The van der Waals surface area contributed by atoms with E-state index in [1.807, 2.05) is 57.2 Å². The number of carbonyl (C=O) groups is 2. The number of benzene rings is 2. The second-order valence-corrected chi connectivity index (χ2v) is 15.4. The summed E-state index contributed by atoms with van der Waals surface area (Å²) in [6, 6.07) is 11.5. The predicted molar refractivity (Wildman–Crippen MR) is 170 cm³/mol. The van der Waals surface area contributed by atoms with Gasteiger partial charge in [0.1, 0.15) is 22.5 Å². The van der Waals surface area contributed by atoms with Gasteiger partial charge in [-0.25, -0.2) is 9.59 Å². The summed E-state index contributed by atoms with van der Waals surface area (Å²) in [6.07, 6.45) is 1.57. The Morgan fingerprint density at radius 1 is 1.00 bits per heavy atom. The lowest BCUT2D eigenvalue weighted by Crippen LogP contribution is -2.60. The molecule has 6 rings (SSSR count). The summed E-state index contributed by atoms with van der Waals surface area (Å²) in [5, 5.41) is 0. The van der Waals surface area contributed by atoms with Gasteiger partial charge in [-0.1, -0.05) is 25.1 Å². The fraction of sp³-hybridized carbons (Fsp3) is 0.588. The average Bonchev–Trinajstić information content (AvgIpc) is 3.26. The molecule has 44 heavy (non-hydrogen) atoms. The quantitative estimate of drug-likeness (QED) is 0.127. The third-order valence-electron chi connectivity index (χ3n) is 8.85. The number of esters is 1. The van der Waals surface area contributed by atoms with Crippen molar-refractivity contribution in [3.63, 3.8) is 0 Å². The fourth-order valence-corrected chi connectivity index (χ4v) is 7.58. The molecule has 4 fully saturated rings. The number of methoxy groups -OCH3 is 1. The molecule has 2 bridgehead atoms. The third-order valence-corrected chi connectivity index (χ3v) is 9.98. The first-order valence-electron chi connectivity index (χ1n) is 15.5. The highest BCUT2D eigenvalue weighted by atomic mass is 32.2. The molecule has 4 aliphatic rings. The van der Waals surface area contributed by atoms with Crippen molar-refractivity contribution in [2.45, 2.75) is 108 Å². The Kier molecular flexibility index (Phi) is 9.11.